The molecule has 1 aliphatic rings. The van der Waals surface area contributed by atoms with Gasteiger partial charge in [-0.25, -0.2) is 18.7 Å². The maximum Gasteiger partial charge on any atom is 0.272 e. The average Bonchev–Trinajstić information content (AvgIpc) is 3.13. The largest absolute Gasteiger partial charge is 0.345 e. The lowest BCUT2D eigenvalue weighted by Crippen LogP contribution is -2.34. The summed E-state index contributed by atoms with van der Waals surface area (Å²) in [5, 5.41) is 13.9. The van der Waals surface area contributed by atoms with E-state index < -0.39 is 21.8 Å². The van der Waals surface area contributed by atoms with E-state index in [1.165, 1.54) is 10.6 Å². The summed E-state index contributed by atoms with van der Waals surface area (Å²) in [4.78, 5) is 16.9. The number of nitrogens with zero attached hydrogens (tertiary/aromatic N) is 3. The van der Waals surface area contributed by atoms with Gasteiger partial charge in [-0.1, -0.05) is 42.5 Å². The van der Waals surface area contributed by atoms with Gasteiger partial charge in [-0.05, 0) is 41.7 Å². The Morgan fingerprint density at radius 3 is 2.83 bits per heavy atom. The van der Waals surface area contributed by atoms with Gasteiger partial charge in [0, 0.05) is 36.6 Å². The third kappa shape index (κ3) is 4.58. The van der Waals surface area contributed by atoms with E-state index in [2.05, 4.69) is 27.2 Å². The van der Waals surface area contributed by atoms with Gasteiger partial charge < -0.3 is 9.88 Å². The van der Waals surface area contributed by atoms with E-state index in [4.69, 9.17) is 10.0 Å². The van der Waals surface area contributed by atoms with Crippen molar-refractivity contribution in [3.63, 3.8) is 0 Å². The van der Waals surface area contributed by atoms with Crippen molar-refractivity contribution in [1.82, 2.24) is 14.3 Å². The molecule has 0 aliphatic carbocycles. The number of fused-ring (bicyclic) bond motifs is 2. The second-order valence-corrected chi connectivity index (χ2v) is 10.6. The lowest BCUT2D eigenvalue weighted by Gasteiger charge is -2.17. The van der Waals surface area contributed by atoms with Gasteiger partial charge >= 0.3 is 0 Å². The second kappa shape index (κ2) is 9.18. The minimum atomic E-state index is -3.38. The zero-order valence-electron chi connectivity index (χ0n) is 19.4. The molecule has 1 unspecified atom stereocenters. The molecule has 3 heterocycles. The molecule has 0 bridgehead atoms. The number of nitriles is 1. The van der Waals surface area contributed by atoms with E-state index in [1.54, 1.807) is 19.3 Å². The Bertz CT molecular complexity index is 1650. The van der Waals surface area contributed by atoms with Crippen LogP contribution in [-0.2, 0) is 29.8 Å². The third-order valence-corrected chi connectivity index (χ3v) is 7.95. The predicted octanol–water partition coefficient (Wildman–Crippen LogP) is 4.30. The fourth-order valence-corrected chi connectivity index (χ4v) is 6.37. The number of pyridine rings is 1. The van der Waals surface area contributed by atoms with Gasteiger partial charge in [-0.3, -0.25) is 4.79 Å². The molecule has 0 fully saturated rings. The fourth-order valence-electron chi connectivity index (χ4n) is 4.72. The molecular formula is C26H23FN6O2S. The second-order valence-electron chi connectivity index (χ2n) is 8.86. The number of hydrogen-bond acceptors (Lipinski definition) is 5. The lowest BCUT2D eigenvalue weighted by atomic mass is 9.98. The van der Waals surface area contributed by atoms with Crippen LogP contribution in [0.4, 0.5) is 10.1 Å². The highest BCUT2D eigenvalue weighted by Gasteiger charge is 2.31. The Hall–Kier alpha value is -4.07. The molecule has 10 heteroatoms. The highest BCUT2D eigenvalue weighted by atomic mass is 32.2. The van der Waals surface area contributed by atoms with Gasteiger partial charge in [0.25, 0.3) is 5.91 Å². The molecule has 182 valence electrons. The number of rotatable bonds is 4. The van der Waals surface area contributed by atoms with Gasteiger partial charge in [0.2, 0.25) is 5.95 Å². The van der Waals surface area contributed by atoms with Crippen LogP contribution in [0.1, 0.15) is 33.7 Å². The maximum atomic E-state index is 13.7. The quantitative estimate of drug-likeness (QED) is 0.360. The van der Waals surface area contributed by atoms with E-state index in [-0.39, 0.29) is 28.0 Å². The molecule has 36 heavy (non-hydrogen) atoms. The fraction of sp³-hybridized carbons (Fsp3) is 0.192. The van der Waals surface area contributed by atoms with Crippen LogP contribution in [0, 0.1) is 22.1 Å². The van der Waals surface area contributed by atoms with Crippen LogP contribution in [-0.4, -0.2) is 25.7 Å². The molecule has 0 saturated heterocycles. The average molecular weight is 503 g/mol. The first-order valence-corrected chi connectivity index (χ1v) is 12.9. The minimum Gasteiger partial charge on any atom is -0.345 e. The molecular weight excluding hydrogens is 479 g/mol. The summed E-state index contributed by atoms with van der Waals surface area (Å²) >= 11 is 0. The van der Waals surface area contributed by atoms with Crippen molar-refractivity contribution in [3.8, 4) is 6.07 Å². The molecule has 2 aromatic heterocycles. The maximum absolute atomic E-state index is 13.7. The first-order chi connectivity index (χ1) is 17.2. The van der Waals surface area contributed by atoms with Crippen molar-refractivity contribution >= 4 is 32.3 Å². The molecule has 5 rings (SSSR count). The molecule has 8 nitrogen and oxygen atoms in total. The van der Waals surface area contributed by atoms with Crippen LogP contribution >= 0.6 is 0 Å². The standard InChI is InChI=1S/C26H23FN6O2S/c1-33-15-23-22(25(33)26(34)31-20-12-21(14-28)30-24(27)13-20)9-8-19(32-36(23,29)35)11-16-6-7-17-4-2-3-5-18(17)10-16/h2-7,10,12-13,15,19H,8-9,11H2,1H3,(H2,29,32,35)(H,30,31,34)/t19-,36?/m0/s1. The first kappa shape index (κ1) is 23.7. The van der Waals surface area contributed by atoms with Crippen LogP contribution in [0.2, 0.25) is 0 Å². The molecule has 2 atom stereocenters. The molecule has 0 radical (unpaired) electrons. The van der Waals surface area contributed by atoms with Gasteiger partial charge in [0.05, 0.1) is 4.90 Å². The number of anilines is 1. The summed E-state index contributed by atoms with van der Waals surface area (Å²) in [6.45, 7) is 0. The Kier molecular flexibility index (Phi) is 6.04. The van der Waals surface area contributed by atoms with Crippen molar-refractivity contribution < 1.29 is 13.4 Å². The highest BCUT2D eigenvalue weighted by Crippen LogP contribution is 2.29. The number of halogens is 1. The predicted molar refractivity (Wildman–Crippen MR) is 134 cm³/mol. The number of nitrogens with one attached hydrogen (secondary N) is 3. The zero-order chi connectivity index (χ0) is 25.4. The smallest absolute Gasteiger partial charge is 0.272 e. The zero-order valence-corrected chi connectivity index (χ0v) is 20.2. The topological polar surface area (TPSA) is 124 Å². The molecule has 3 N–H and O–H groups in total. The van der Waals surface area contributed by atoms with E-state index in [1.807, 2.05) is 30.3 Å². The van der Waals surface area contributed by atoms with Crippen molar-refractivity contribution in [3.05, 3.63) is 89.3 Å². The molecule has 1 amide bonds. The number of hydrogen-bond donors (Lipinski definition) is 3. The Labute approximate surface area is 207 Å². The number of aromatic nitrogens is 2. The first-order valence-electron chi connectivity index (χ1n) is 11.3. The molecule has 2 aromatic carbocycles. The van der Waals surface area contributed by atoms with Crippen LogP contribution in [0.5, 0.6) is 0 Å². The van der Waals surface area contributed by atoms with Crippen molar-refractivity contribution in [1.29, 1.82) is 10.0 Å². The summed E-state index contributed by atoms with van der Waals surface area (Å²) < 4.78 is 40.3. The summed E-state index contributed by atoms with van der Waals surface area (Å²) in [5.41, 5.74) is 1.77. The highest BCUT2D eigenvalue weighted by molar-refractivity contribution is 7.90. The van der Waals surface area contributed by atoms with Gasteiger partial charge in [0.1, 0.15) is 27.4 Å². The van der Waals surface area contributed by atoms with Gasteiger partial charge in [-0.2, -0.15) is 9.65 Å². The summed E-state index contributed by atoms with van der Waals surface area (Å²) in [6.07, 6.45) is 3.14. The van der Waals surface area contributed by atoms with E-state index in [0.29, 0.717) is 24.8 Å². The number of amides is 1. The number of benzene rings is 2. The Morgan fingerprint density at radius 2 is 2.06 bits per heavy atom. The van der Waals surface area contributed by atoms with Crippen molar-refractivity contribution in [2.24, 2.45) is 7.05 Å². The lowest BCUT2D eigenvalue weighted by molar-refractivity contribution is 0.101. The van der Waals surface area contributed by atoms with Crippen LogP contribution in [0.3, 0.4) is 0 Å². The summed E-state index contributed by atoms with van der Waals surface area (Å²) in [5.74, 6) is -1.43. The molecule has 4 aromatic rings. The Morgan fingerprint density at radius 1 is 1.28 bits per heavy atom. The van der Waals surface area contributed by atoms with Crippen LogP contribution in [0.25, 0.3) is 10.8 Å². The number of carbonyl (C=O) groups is 1. The third-order valence-electron chi connectivity index (χ3n) is 6.31. The minimum absolute atomic E-state index is 0.0894. The van der Waals surface area contributed by atoms with E-state index >= 15 is 0 Å². The SMILES string of the molecule is Cn1cc2c(c1C(=O)Nc1cc(F)nc(C#N)c1)CC[C@@H](Cc1ccc3ccccc3c1)NS2(=N)=O. The van der Waals surface area contributed by atoms with Crippen LogP contribution < -0.4 is 10.0 Å². The molecule has 1 aliphatic heterocycles. The number of carbonyl (C=O) groups excluding carboxylic acids is 1. The summed E-state index contributed by atoms with van der Waals surface area (Å²) in [7, 11) is -1.74. The van der Waals surface area contributed by atoms with E-state index in [9.17, 15) is 13.4 Å². The Balaban J connectivity index is 1.41. The van der Waals surface area contributed by atoms with Crippen molar-refractivity contribution in [2.45, 2.75) is 30.2 Å². The normalized spacial score (nSPS) is 19.3. The molecule has 0 spiro atoms. The monoisotopic (exact) mass is 502 g/mol. The summed E-state index contributed by atoms with van der Waals surface area (Å²) in [6, 6.07) is 18.1. The van der Waals surface area contributed by atoms with Crippen molar-refractivity contribution in [2.75, 3.05) is 5.32 Å². The number of aryl methyl sites for hydroxylation is 1. The van der Waals surface area contributed by atoms with E-state index in [0.717, 1.165) is 22.4 Å². The van der Waals surface area contributed by atoms with Gasteiger partial charge in [0.15, 0.2) is 0 Å². The van der Waals surface area contributed by atoms with Crippen LogP contribution in [0.15, 0.2) is 65.7 Å². The molecule has 0 saturated carbocycles. The van der Waals surface area contributed by atoms with Gasteiger partial charge in [-0.15, -0.1) is 0 Å².